The highest BCUT2D eigenvalue weighted by Gasteiger charge is 2.66. The highest BCUT2D eigenvalue weighted by Crippen LogP contribution is 2.58. The van der Waals surface area contributed by atoms with E-state index in [4.69, 9.17) is 0 Å². The Balaban J connectivity index is 0.952. The highest BCUT2D eigenvalue weighted by molar-refractivity contribution is 8.78. The van der Waals surface area contributed by atoms with Crippen LogP contribution in [0.1, 0.15) is 28.7 Å². The Bertz CT molecular complexity index is 1640. The van der Waals surface area contributed by atoms with Gasteiger partial charge in [-0.2, -0.15) is 0 Å². The molecule has 4 bridgehead atoms. The van der Waals surface area contributed by atoms with Crippen LogP contribution in [0.2, 0.25) is 0 Å². The number of amides is 3. The number of fused-ring (bicyclic) bond motifs is 8. The number of carbonyl (C=O) groups is 3. The third kappa shape index (κ3) is 6.41. The molecule has 0 saturated carbocycles. The van der Waals surface area contributed by atoms with Crippen LogP contribution in [0.3, 0.4) is 0 Å². The molecule has 270 valence electrons. The first-order valence-corrected chi connectivity index (χ1v) is 20.7. The number of likely N-dealkylation sites (N-methyl/N-ethyl adjacent to an activating group) is 4. The summed E-state index contributed by atoms with van der Waals surface area (Å²) in [6.45, 7) is 2.22. The minimum absolute atomic E-state index is 0.00477. The monoisotopic (exact) mass is 762 g/mol. The molecule has 2 aromatic carbocycles. The third-order valence-electron chi connectivity index (χ3n) is 10.3. The molecule has 0 aromatic heterocycles. The van der Waals surface area contributed by atoms with Crippen LogP contribution in [0.15, 0.2) is 48.5 Å². The lowest BCUT2D eigenvalue weighted by molar-refractivity contribution is -0.710. The fourth-order valence-corrected chi connectivity index (χ4v) is 13.9. The quantitative estimate of drug-likeness (QED) is 0.133. The Hall–Kier alpha value is -2.51. The van der Waals surface area contributed by atoms with Crippen molar-refractivity contribution in [3.8, 4) is 0 Å². The molecular weight excluding hydrogens is 719 g/mol. The van der Waals surface area contributed by atoms with Crippen LogP contribution in [0.5, 0.6) is 0 Å². The molecule has 2 aromatic rings. The fourth-order valence-electron chi connectivity index (χ4n) is 6.70. The molecule has 4 N–H and O–H groups in total. The van der Waals surface area contributed by atoms with Crippen molar-refractivity contribution in [1.29, 1.82) is 0 Å². The Kier molecular flexibility index (Phi) is 10.8. The summed E-state index contributed by atoms with van der Waals surface area (Å²) in [5, 5.41) is 28.5. The molecule has 3 amide bonds. The van der Waals surface area contributed by atoms with E-state index in [9.17, 15) is 29.5 Å². The smallest absolute Gasteiger partial charge is 0.267 e. The number of nitrogens with one attached hydrogen (secondary N) is 2. The van der Waals surface area contributed by atoms with Crippen LogP contribution < -0.4 is 10.6 Å². The van der Waals surface area contributed by atoms with Crippen LogP contribution in [-0.4, -0.2) is 133 Å². The zero-order valence-electron chi connectivity index (χ0n) is 28.6. The number of rotatable bonds is 13. The first kappa shape index (κ1) is 37.3. The van der Waals surface area contributed by atoms with Crippen molar-refractivity contribution in [1.82, 2.24) is 30.3 Å². The number of hydrazine groups is 1. The average molecular weight is 763 g/mol. The van der Waals surface area contributed by atoms with Crippen LogP contribution in [0, 0.1) is 4.91 Å². The van der Waals surface area contributed by atoms with E-state index < -0.39 is 26.1 Å². The number of nitroso groups, excluding NO2 is 1. The normalized spacial score (nSPS) is 29.6. The molecule has 6 heterocycles. The van der Waals surface area contributed by atoms with Gasteiger partial charge in [-0.15, -0.1) is 5.01 Å². The van der Waals surface area contributed by atoms with E-state index >= 15 is 0 Å². The average Bonchev–Trinajstić information content (AvgIpc) is 3.35. The van der Waals surface area contributed by atoms with E-state index in [1.165, 1.54) is 58.0 Å². The highest BCUT2D eigenvalue weighted by atomic mass is 33.1. The van der Waals surface area contributed by atoms with Gasteiger partial charge in [-0.05, 0) is 33.0 Å². The molecule has 6 aliphatic heterocycles. The second kappa shape index (κ2) is 14.5. The Morgan fingerprint density at radius 3 is 1.70 bits per heavy atom. The molecule has 4 atom stereocenters. The molecule has 13 nitrogen and oxygen atoms in total. The fraction of sp³-hybridized carbons (Fsp3) is 0.545. The summed E-state index contributed by atoms with van der Waals surface area (Å²) < 4.78 is 0. The van der Waals surface area contributed by atoms with Crippen LogP contribution >= 0.6 is 43.2 Å². The lowest BCUT2D eigenvalue weighted by Gasteiger charge is -2.47. The largest absolute Gasteiger partial charge is 0.393 e. The lowest BCUT2D eigenvalue weighted by Crippen LogP contribution is -2.61. The van der Waals surface area contributed by atoms with E-state index in [2.05, 4.69) is 34.9 Å². The number of benzene rings is 2. The summed E-state index contributed by atoms with van der Waals surface area (Å²) in [7, 11) is 12.2. The van der Waals surface area contributed by atoms with E-state index in [0.29, 0.717) is 25.9 Å². The zero-order valence-corrected chi connectivity index (χ0v) is 31.9. The zero-order chi connectivity index (χ0) is 35.9. The maximum atomic E-state index is 13.5. The molecule has 0 spiro atoms. The molecule has 6 fully saturated rings. The Labute approximate surface area is 308 Å². The summed E-state index contributed by atoms with van der Waals surface area (Å²) in [5.74, 6) is -0.572. The molecule has 0 radical (unpaired) electrons. The topological polar surface area (TPSA) is 149 Å². The number of aliphatic hydroxyl groups is 2. The van der Waals surface area contributed by atoms with E-state index in [-0.39, 0.29) is 37.3 Å². The van der Waals surface area contributed by atoms with Crippen LogP contribution in [0.25, 0.3) is 0 Å². The maximum absolute atomic E-state index is 13.5. The maximum Gasteiger partial charge on any atom is 0.267 e. The van der Waals surface area contributed by atoms with Gasteiger partial charge in [0.1, 0.15) is 9.74 Å². The van der Waals surface area contributed by atoms with Gasteiger partial charge in [0.2, 0.25) is 15.6 Å². The van der Waals surface area contributed by atoms with E-state index in [1.54, 1.807) is 33.1 Å². The summed E-state index contributed by atoms with van der Waals surface area (Å²) in [6, 6.07) is 16.3. The summed E-state index contributed by atoms with van der Waals surface area (Å²) in [5.41, 5.74) is 4.23. The molecule has 50 heavy (non-hydrogen) atoms. The molecule has 4 unspecified atom stereocenters. The van der Waals surface area contributed by atoms with Gasteiger partial charge in [0.25, 0.3) is 18.4 Å². The minimum Gasteiger partial charge on any atom is -0.393 e. The Morgan fingerprint density at radius 2 is 1.14 bits per heavy atom. The molecule has 6 aliphatic rings. The van der Waals surface area contributed by atoms with Crippen molar-refractivity contribution in [2.24, 2.45) is 0 Å². The van der Waals surface area contributed by atoms with Crippen molar-refractivity contribution < 1.29 is 29.5 Å². The minimum atomic E-state index is -1.27. The van der Waals surface area contributed by atoms with Crippen molar-refractivity contribution in [3.63, 3.8) is 0 Å². The number of nitrogens with zero attached hydrogens (tertiary/aromatic N) is 5. The summed E-state index contributed by atoms with van der Waals surface area (Å²) >= 11 is 0. The number of hydrogen-bond acceptors (Lipinski definition) is 12. The number of aliphatic hydroxyl groups excluding tert-OH is 2. The summed E-state index contributed by atoms with van der Waals surface area (Å²) in [4.78, 5) is 54.1. The molecule has 6 saturated heterocycles. The van der Waals surface area contributed by atoms with Crippen LogP contribution in [-0.2, 0) is 40.3 Å². The second-order valence-electron chi connectivity index (χ2n) is 13.3. The molecule has 17 heteroatoms. The second-order valence-corrected chi connectivity index (χ2v) is 18.9. The van der Waals surface area contributed by atoms with Crippen molar-refractivity contribution in [2.45, 2.75) is 51.8 Å². The third-order valence-corrected chi connectivity index (χ3v) is 17.9. The predicted molar refractivity (Wildman–Crippen MR) is 198 cm³/mol. The van der Waals surface area contributed by atoms with E-state index in [1.807, 2.05) is 24.3 Å². The van der Waals surface area contributed by atoms with Crippen molar-refractivity contribution >= 4 is 60.9 Å². The molecular formula is C33H44N7O6S4+. The van der Waals surface area contributed by atoms with Crippen molar-refractivity contribution in [3.05, 3.63) is 75.7 Å². The van der Waals surface area contributed by atoms with Gasteiger partial charge in [-0.3, -0.25) is 14.4 Å². The molecule has 0 aliphatic carbocycles. The standard InChI is InChI=1S/C33H44N7O6S4/c1-36-27(43)17-30(37(2)29(45)33(36,22-42)50-47-30)15-23-5-9-25(10-6-23)18-34-13-14-35-19-26-11-7-24(8-12-26)16-32-28(44)38(3)31(21-41,48-49-32)20-40(46)39(32)4/h5-12,34-35,41-42H,13-22H2,1-4H3/q+1. The SMILES string of the molecule is CN1C(=O)C2(CO)SSC1(Cc1ccc(CNCCNCc3ccc(CC45SSC(CO)(C[N+](=O)N4C)N(C)C5=O)cc3)cc1)CC(=O)N2C. The van der Waals surface area contributed by atoms with E-state index in [0.717, 1.165) is 40.2 Å². The Morgan fingerprint density at radius 1 is 0.660 bits per heavy atom. The number of hydrogen-bond donors (Lipinski definition) is 4. The van der Waals surface area contributed by atoms with Gasteiger partial charge in [0.05, 0.1) is 31.6 Å². The van der Waals surface area contributed by atoms with Gasteiger partial charge < -0.3 is 35.5 Å². The van der Waals surface area contributed by atoms with Crippen molar-refractivity contribution in [2.75, 3.05) is 61.0 Å². The van der Waals surface area contributed by atoms with Gasteiger partial charge in [0.15, 0.2) is 4.87 Å². The number of carbonyl (C=O) groups excluding carboxylic acids is 3. The van der Waals surface area contributed by atoms with Gasteiger partial charge >= 0.3 is 0 Å². The first-order chi connectivity index (χ1) is 23.8. The molecule has 8 rings (SSSR count). The predicted octanol–water partition coefficient (Wildman–Crippen LogP) is 1.63. The first-order valence-electron chi connectivity index (χ1n) is 16.4. The van der Waals surface area contributed by atoms with Gasteiger partial charge in [-0.25, -0.2) is 0 Å². The van der Waals surface area contributed by atoms with Gasteiger partial charge in [0, 0.05) is 60.2 Å². The lowest BCUT2D eigenvalue weighted by atomic mass is 9.99. The van der Waals surface area contributed by atoms with Gasteiger partial charge in [-0.1, -0.05) is 80.9 Å². The summed E-state index contributed by atoms with van der Waals surface area (Å²) in [6.07, 6.45) is 1.08. The van der Waals surface area contributed by atoms with Crippen LogP contribution in [0.4, 0.5) is 0 Å².